The third-order valence-corrected chi connectivity index (χ3v) is 12.0. The number of nitrogens with zero attached hydrogens (tertiary/aromatic N) is 5. The van der Waals surface area contributed by atoms with Crippen molar-refractivity contribution >= 4 is 29.7 Å². The number of methoxy groups -OCH3 is 2. The van der Waals surface area contributed by atoms with Crippen molar-refractivity contribution in [3.05, 3.63) is 125 Å². The molecule has 0 radical (unpaired) electrons. The highest BCUT2D eigenvalue weighted by atomic mass is 19.1. The van der Waals surface area contributed by atoms with Crippen molar-refractivity contribution in [2.24, 2.45) is 0 Å². The lowest BCUT2D eigenvalue weighted by Crippen LogP contribution is -2.49. The van der Waals surface area contributed by atoms with Crippen LogP contribution in [0.2, 0.25) is 0 Å². The molecule has 2 aromatic heterocycles. The van der Waals surface area contributed by atoms with Crippen molar-refractivity contribution in [1.82, 2.24) is 40.4 Å². The van der Waals surface area contributed by atoms with Crippen LogP contribution in [0.5, 0.6) is 0 Å². The van der Waals surface area contributed by atoms with Gasteiger partial charge in [0.1, 0.15) is 47.1 Å². The minimum atomic E-state index is -1.04. The van der Waals surface area contributed by atoms with Gasteiger partial charge in [0.15, 0.2) is 0 Å². The molecule has 0 bridgehead atoms. The average molecular weight is 866 g/mol. The number of amides is 4. The number of imidazole rings is 2. The maximum atomic E-state index is 15.9. The Bertz CT molecular complexity index is 2380. The van der Waals surface area contributed by atoms with Gasteiger partial charge in [0.25, 0.3) is 11.8 Å². The summed E-state index contributed by atoms with van der Waals surface area (Å²) < 4.78 is 47.2. The Kier molecular flexibility index (Phi) is 13.0. The molecule has 3 saturated heterocycles. The van der Waals surface area contributed by atoms with Gasteiger partial charge < -0.3 is 49.5 Å². The zero-order valence-electron chi connectivity index (χ0n) is 34.9. The lowest BCUT2D eigenvalue weighted by atomic mass is 9.93. The highest BCUT2D eigenvalue weighted by Gasteiger charge is 2.39. The SMILES string of the molecule is COC(=O)N[C@@H](C(=O)N1CCOC[C@H]1c1ncc(-c2cc(F)c(N3CCC(c4cnc([C@@H]5CCCN5C(=O)[C@H](NC(=O)OC)c5ccccc5)[nH]4)CC3)c(F)c2)[nH]1)c1ccccc1. The number of anilines is 1. The number of halogens is 2. The zero-order valence-corrected chi connectivity index (χ0v) is 34.9. The van der Waals surface area contributed by atoms with E-state index in [0.717, 1.165) is 12.1 Å². The molecule has 0 aliphatic carbocycles. The number of H-pyrrole nitrogens is 2. The van der Waals surface area contributed by atoms with Crippen LogP contribution in [0.1, 0.15) is 84.2 Å². The van der Waals surface area contributed by atoms with Gasteiger partial charge in [-0.1, -0.05) is 60.7 Å². The fourth-order valence-electron chi connectivity index (χ4n) is 8.78. The lowest BCUT2D eigenvalue weighted by Gasteiger charge is -2.36. The molecule has 3 aliphatic heterocycles. The number of morpholine rings is 1. The minimum absolute atomic E-state index is 0.0503. The number of aromatic amines is 2. The molecule has 0 saturated carbocycles. The Morgan fingerprint density at radius 1 is 0.730 bits per heavy atom. The van der Waals surface area contributed by atoms with Crippen LogP contribution in [0.3, 0.4) is 0 Å². The topological polar surface area (TPSA) is 187 Å². The van der Waals surface area contributed by atoms with Crippen LogP contribution in [-0.2, 0) is 23.8 Å². The summed E-state index contributed by atoms with van der Waals surface area (Å²) in [7, 11) is 2.47. The van der Waals surface area contributed by atoms with E-state index in [-0.39, 0.29) is 48.9 Å². The molecule has 63 heavy (non-hydrogen) atoms. The third-order valence-electron chi connectivity index (χ3n) is 12.0. The summed E-state index contributed by atoms with van der Waals surface area (Å²) in [4.78, 5) is 73.2. The molecule has 4 atom stereocenters. The number of likely N-dealkylation sites (tertiary alicyclic amines) is 1. The molecule has 5 aromatic rings. The molecule has 8 rings (SSSR count). The van der Waals surface area contributed by atoms with Gasteiger partial charge in [-0.3, -0.25) is 9.59 Å². The Morgan fingerprint density at radius 2 is 1.29 bits per heavy atom. The van der Waals surface area contributed by atoms with Crippen LogP contribution >= 0.6 is 0 Å². The first-order chi connectivity index (χ1) is 30.6. The van der Waals surface area contributed by atoms with E-state index in [0.29, 0.717) is 67.4 Å². The van der Waals surface area contributed by atoms with Gasteiger partial charge >= 0.3 is 12.2 Å². The minimum Gasteiger partial charge on any atom is -0.453 e. The van der Waals surface area contributed by atoms with Gasteiger partial charge in [0.05, 0.1) is 45.4 Å². The van der Waals surface area contributed by atoms with Crippen LogP contribution in [0.25, 0.3) is 11.3 Å². The van der Waals surface area contributed by atoms with Gasteiger partial charge in [-0.2, -0.15) is 0 Å². The standard InChI is InChI=1S/C45H49F2N9O7/c1-61-44(59)52-37(28-10-5-3-6-11-28)42(57)55-17-9-14-35(55)40-48-24-33(50-40)27-15-18-54(19-16-27)39-31(46)22-30(23-32(39)47)34-25-49-41(51-34)36-26-63-21-20-56(36)43(58)38(53-45(60)62-2)29-12-7-4-8-13-29/h3-8,10-13,22-25,27,35-38H,9,14-21,26H2,1-2H3,(H,48,50)(H,49,51)(H,52,59)(H,53,60)/t35-,36-,37+,38+/m0/s1. The fourth-order valence-corrected chi connectivity index (χ4v) is 8.78. The first-order valence-corrected chi connectivity index (χ1v) is 20.9. The van der Waals surface area contributed by atoms with Crippen LogP contribution < -0.4 is 15.5 Å². The van der Waals surface area contributed by atoms with Crippen LogP contribution in [-0.4, -0.2) is 107 Å². The number of nitrogens with one attached hydrogen (secondary N) is 4. The first kappa shape index (κ1) is 42.9. The number of aromatic nitrogens is 4. The van der Waals surface area contributed by atoms with Crippen LogP contribution in [0.15, 0.2) is 85.2 Å². The highest BCUT2D eigenvalue weighted by Crippen LogP contribution is 2.38. The number of piperidine rings is 1. The summed E-state index contributed by atoms with van der Waals surface area (Å²) in [5.41, 5.74) is 2.58. The average Bonchev–Trinajstić information content (AvgIpc) is 4.12. The van der Waals surface area contributed by atoms with Crippen LogP contribution in [0, 0.1) is 11.6 Å². The smallest absolute Gasteiger partial charge is 0.407 e. The van der Waals surface area contributed by atoms with E-state index < -0.39 is 47.9 Å². The van der Waals surface area contributed by atoms with E-state index in [1.165, 1.54) is 32.5 Å². The predicted molar refractivity (Wildman–Crippen MR) is 225 cm³/mol. The number of alkyl carbamates (subject to hydrolysis) is 2. The second-order valence-corrected chi connectivity index (χ2v) is 15.7. The van der Waals surface area contributed by atoms with Gasteiger partial charge in [0, 0.05) is 49.6 Å². The van der Waals surface area contributed by atoms with Crippen molar-refractivity contribution in [2.75, 3.05) is 58.5 Å². The van der Waals surface area contributed by atoms with E-state index in [1.54, 1.807) is 75.5 Å². The molecular weight excluding hydrogens is 817 g/mol. The van der Waals surface area contributed by atoms with Gasteiger partial charge in [-0.15, -0.1) is 0 Å². The second-order valence-electron chi connectivity index (χ2n) is 15.7. The summed E-state index contributed by atoms with van der Waals surface area (Å²) >= 11 is 0. The third kappa shape index (κ3) is 9.21. The Hall–Kier alpha value is -6.82. The van der Waals surface area contributed by atoms with Gasteiger partial charge in [-0.05, 0) is 48.9 Å². The molecule has 3 aliphatic rings. The normalized spacial score (nSPS) is 19.0. The number of hydrogen-bond acceptors (Lipinski definition) is 10. The summed E-state index contributed by atoms with van der Waals surface area (Å²) in [6.45, 7) is 1.89. The van der Waals surface area contributed by atoms with Gasteiger partial charge in [-0.25, -0.2) is 28.3 Å². The molecule has 3 aromatic carbocycles. The molecule has 5 heterocycles. The number of hydrogen-bond donors (Lipinski definition) is 4. The quantitative estimate of drug-likeness (QED) is 0.119. The van der Waals surface area contributed by atoms with Crippen molar-refractivity contribution in [3.8, 4) is 11.3 Å². The fraction of sp³-hybridized carbons (Fsp3) is 0.378. The zero-order chi connectivity index (χ0) is 44.0. The number of carbonyl (C=O) groups excluding carboxylic acids is 4. The van der Waals surface area contributed by atoms with E-state index in [1.807, 2.05) is 6.07 Å². The largest absolute Gasteiger partial charge is 0.453 e. The molecule has 0 spiro atoms. The number of rotatable bonds is 11. The Labute approximate surface area is 362 Å². The molecule has 0 unspecified atom stereocenters. The monoisotopic (exact) mass is 865 g/mol. The summed E-state index contributed by atoms with van der Waals surface area (Å²) in [5, 5.41) is 5.31. The molecule has 4 N–H and O–H groups in total. The summed E-state index contributed by atoms with van der Waals surface area (Å²) in [6, 6.07) is 17.4. The van der Waals surface area contributed by atoms with E-state index in [2.05, 4.69) is 30.6 Å². The Balaban J connectivity index is 0.921. The predicted octanol–water partition coefficient (Wildman–Crippen LogP) is 6.22. The maximum absolute atomic E-state index is 15.9. The number of ether oxygens (including phenoxy) is 3. The maximum Gasteiger partial charge on any atom is 0.407 e. The molecule has 18 heteroatoms. The van der Waals surface area contributed by atoms with Gasteiger partial charge in [0.2, 0.25) is 0 Å². The van der Waals surface area contributed by atoms with E-state index >= 15 is 8.78 Å². The first-order valence-electron chi connectivity index (χ1n) is 20.9. The number of carbonyl (C=O) groups is 4. The number of benzene rings is 3. The summed E-state index contributed by atoms with van der Waals surface area (Å²) in [5.74, 6) is -1.04. The molecular formula is C45H49F2N9O7. The lowest BCUT2D eigenvalue weighted by molar-refractivity contribution is -0.143. The van der Waals surface area contributed by atoms with Crippen molar-refractivity contribution in [3.63, 3.8) is 0 Å². The molecule has 4 amide bonds. The van der Waals surface area contributed by atoms with Crippen molar-refractivity contribution in [1.29, 1.82) is 0 Å². The van der Waals surface area contributed by atoms with Crippen molar-refractivity contribution in [2.45, 2.75) is 55.8 Å². The highest BCUT2D eigenvalue weighted by molar-refractivity contribution is 5.88. The summed E-state index contributed by atoms with van der Waals surface area (Å²) in [6.07, 6.45) is 4.46. The molecule has 3 fully saturated rings. The molecule has 330 valence electrons. The van der Waals surface area contributed by atoms with E-state index in [4.69, 9.17) is 14.2 Å². The molecule has 16 nitrogen and oxygen atoms in total. The van der Waals surface area contributed by atoms with Crippen LogP contribution in [0.4, 0.5) is 24.1 Å². The Morgan fingerprint density at radius 3 is 1.87 bits per heavy atom. The van der Waals surface area contributed by atoms with E-state index in [9.17, 15) is 19.2 Å². The second kappa shape index (κ2) is 19.1. The van der Waals surface area contributed by atoms with Crippen molar-refractivity contribution < 1.29 is 42.2 Å².